The lowest BCUT2D eigenvalue weighted by atomic mass is 9.88. The molecular formula is C32H33ClN2OS. The molecule has 2 heterocycles. The molecule has 3 nitrogen and oxygen atoms in total. The molecule has 0 unspecified atom stereocenters. The van der Waals surface area contributed by atoms with Crippen molar-refractivity contribution >= 4 is 33.8 Å². The molecule has 1 amide bonds. The first-order chi connectivity index (χ1) is 18.1. The quantitative estimate of drug-likeness (QED) is 0.249. The number of hydrogen-bond donors (Lipinski definition) is 1. The van der Waals surface area contributed by atoms with Gasteiger partial charge in [-0.2, -0.15) is 0 Å². The van der Waals surface area contributed by atoms with Crippen LogP contribution < -0.4 is 5.32 Å². The summed E-state index contributed by atoms with van der Waals surface area (Å²) in [5.41, 5.74) is 4.48. The van der Waals surface area contributed by atoms with Crippen molar-refractivity contribution in [3.05, 3.63) is 123 Å². The summed E-state index contributed by atoms with van der Waals surface area (Å²) in [5.74, 6) is 0.623. The van der Waals surface area contributed by atoms with Gasteiger partial charge < -0.3 is 5.32 Å². The Morgan fingerprint density at radius 3 is 2.27 bits per heavy atom. The lowest BCUT2D eigenvalue weighted by Crippen LogP contribution is -2.38. The van der Waals surface area contributed by atoms with Crippen LogP contribution in [-0.2, 0) is 12.8 Å². The zero-order valence-electron chi connectivity index (χ0n) is 21.2. The van der Waals surface area contributed by atoms with Crippen LogP contribution in [0, 0.1) is 5.92 Å². The summed E-state index contributed by atoms with van der Waals surface area (Å²) >= 11 is 7.96. The molecule has 0 spiro atoms. The number of benzene rings is 3. The topological polar surface area (TPSA) is 32.3 Å². The molecule has 1 aromatic heterocycles. The summed E-state index contributed by atoms with van der Waals surface area (Å²) in [5, 5.41) is 4.93. The molecule has 5 rings (SSSR count). The normalized spacial score (nSPS) is 15.4. The van der Waals surface area contributed by atoms with Crippen molar-refractivity contribution in [3.8, 4) is 0 Å². The molecular weight excluding hydrogens is 496 g/mol. The third-order valence-corrected chi connectivity index (χ3v) is 8.75. The van der Waals surface area contributed by atoms with Gasteiger partial charge in [0.05, 0.1) is 6.04 Å². The van der Waals surface area contributed by atoms with Gasteiger partial charge in [0.25, 0.3) is 5.91 Å². The zero-order valence-corrected chi connectivity index (χ0v) is 22.8. The number of carbonyl (C=O) groups excluding carboxylic acids is 1. The lowest BCUT2D eigenvalue weighted by molar-refractivity contribution is 0.102. The van der Waals surface area contributed by atoms with Crippen LogP contribution in [0.25, 0.3) is 0 Å². The van der Waals surface area contributed by atoms with Crippen molar-refractivity contribution in [2.24, 2.45) is 5.92 Å². The van der Waals surface area contributed by atoms with E-state index < -0.39 is 0 Å². The fraction of sp³-hybridized carbons (Fsp3) is 0.281. The first-order valence-electron chi connectivity index (χ1n) is 13.1. The summed E-state index contributed by atoms with van der Waals surface area (Å²) in [6.07, 6.45) is 4.40. The number of piperidine rings is 1. The lowest BCUT2D eigenvalue weighted by Gasteiger charge is -2.38. The highest BCUT2D eigenvalue weighted by Gasteiger charge is 2.30. The minimum absolute atomic E-state index is 0.0669. The zero-order chi connectivity index (χ0) is 25.6. The van der Waals surface area contributed by atoms with E-state index in [2.05, 4.69) is 65.7 Å². The maximum absolute atomic E-state index is 13.1. The van der Waals surface area contributed by atoms with Gasteiger partial charge in [0.15, 0.2) is 0 Å². The Labute approximate surface area is 229 Å². The molecule has 1 N–H and O–H groups in total. The molecule has 1 aliphatic heterocycles. The van der Waals surface area contributed by atoms with Crippen molar-refractivity contribution in [1.82, 2.24) is 4.90 Å². The summed E-state index contributed by atoms with van der Waals surface area (Å²) in [6.45, 7) is 4.22. The number of aryl methyl sites for hydroxylation is 1. The Bertz CT molecular complexity index is 1300. The fourth-order valence-corrected chi connectivity index (χ4v) is 6.44. The fourth-order valence-electron chi connectivity index (χ4n) is 5.29. The minimum Gasteiger partial charge on any atom is -0.313 e. The summed E-state index contributed by atoms with van der Waals surface area (Å²) in [7, 11) is 0. The maximum Gasteiger partial charge on any atom is 0.256 e. The van der Waals surface area contributed by atoms with Gasteiger partial charge in [-0.1, -0.05) is 79.2 Å². The molecule has 0 saturated carbocycles. The van der Waals surface area contributed by atoms with E-state index in [4.69, 9.17) is 11.6 Å². The van der Waals surface area contributed by atoms with E-state index in [1.165, 1.54) is 21.6 Å². The molecule has 0 radical (unpaired) electrons. The Hall–Kier alpha value is -2.92. The number of nitrogens with zero attached hydrogens (tertiary/aromatic N) is 1. The Morgan fingerprint density at radius 1 is 0.973 bits per heavy atom. The first kappa shape index (κ1) is 25.7. The highest BCUT2D eigenvalue weighted by Crippen LogP contribution is 2.41. The molecule has 1 saturated heterocycles. The van der Waals surface area contributed by atoms with E-state index in [0.717, 1.165) is 48.8 Å². The molecule has 1 aliphatic rings. The highest BCUT2D eigenvalue weighted by atomic mass is 35.5. The second-order valence-electron chi connectivity index (χ2n) is 9.79. The largest absolute Gasteiger partial charge is 0.313 e. The van der Waals surface area contributed by atoms with Gasteiger partial charge >= 0.3 is 0 Å². The van der Waals surface area contributed by atoms with E-state index in [1.807, 2.05) is 42.5 Å². The number of likely N-dealkylation sites (tertiary alicyclic amines) is 1. The average molecular weight is 529 g/mol. The highest BCUT2D eigenvalue weighted by molar-refractivity contribution is 7.16. The van der Waals surface area contributed by atoms with Crippen LogP contribution in [0.3, 0.4) is 0 Å². The minimum atomic E-state index is -0.0669. The van der Waals surface area contributed by atoms with Crippen LogP contribution in [0.5, 0.6) is 0 Å². The SMILES string of the molecule is CCc1cc([C@@H](c2ccc(Cl)cc2)N2CCC(Cc3ccccc3)CC2)c(NC(=O)c2ccccc2)s1. The van der Waals surface area contributed by atoms with Gasteiger partial charge in [0, 0.05) is 21.0 Å². The number of carbonyl (C=O) groups is 1. The van der Waals surface area contributed by atoms with Crippen LogP contribution >= 0.6 is 22.9 Å². The molecule has 4 aromatic rings. The molecule has 3 aromatic carbocycles. The van der Waals surface area contributed by atoms with E-state index >= 15 is 0 Å². The van der Waals surface area contributed by atoms with E-state index in [1.54, 1.807) is 11.3 Å². The Kier molecular flexibility index (Phi) is 8.40. The monoisotopic (exact) mass is 528 g/mol. The van der Waals surface area contributed by atoms with Crippen LogP contribution in [0.1, 0.15) is 57.7 Å². The summed E-state index contributed by atoms with van der Waals surface area (Å²) < 4.78 is 0. The molecule has 190 valence electrons. The van der Waals surface area contributed by atoms with Gasteiger partial charge in [0.1, 0.15) is 5.00 Å². The predicted octanol–water partition coefficient (Wildman–Crippen LogP) is 8.26. The van der Waals surface area contributed by atoms with Crippen LogP contribution in [0.4, 0.5) is 5.00 Å². The standard InChI is InChI=1S/C32H33ClN2OS/c1-2-28-22-29(32(37-28)34-31(36)26-11-7-4-8-12-26)30(25-13-15-27(33)16-14-25)35-19-17-24(18-20-35)21-23-9-5-3-6-10-23/h3-16,22,24,30H,2,17-21H2,1H3,(H,34,36)/t30-/m1/s1. The van der Waals surface area contributed by atoms with E-state index in [-0.39, 0.29) is 11.9 Å². The van der Waals surface area contributed by atoms with Crippen LogP contribution in [0.15, 0.2) is 91.0 Å². The first-order valence-corrected chi connectivity index (χ1v) is 14.3. The third kappa shape index (κ3) is 6.32. The van der Waals surface area contributed by atoms with E-state index in [9.17, 15) is 4.79 Å². The maximum atomic E-state index is 13.1. The molecule has 5 heteroatoms. The number of amides is 1. The van der Waals surface area contributed by atoms with Gasteiger partial charge in [-0.25, -0.2) is 0 Å². The van der Waals surface area contributed by atoms with Gasteiger partial charge in [0.2, 0.25) is 0 Å². The van der Waals surface area contributed by atoms with Crippen LogP contribution in [-0.4, -0.2) is 23.9 Å². The number of thiophene rings is 1. The number of rotatable bonds is 8. The number of hydrogen-bond acceptors (Lipinski definition) is 3. The Balaban J connectivity index is 1.42. The van der Waals surface area contributed by atoms with Gasteiger partial charge in [-0.05, 0) is 86.1 Å². The summed E-state index contributed by atoms with van der Waals surface area (Å²) in [4.78, 5) is 17.0. The number of halogens is 1. The number of anilines is 1. The molecule has 1 atom stereocenters. The van der Waals surface area contributed by atoms with Crippen LogP contribution in [0.2, 0.25) is 5.02 Å². The summed E-state index contributed by atoms with van der Waals surface area (Å²) in [6, 6.07) is 30.9. The van der Waals surface area contributed by atoms with E-state index in [0.29, 0.717) is 11.5 Å². The third-order valence-electron chi connectivity index (χ3n) is 7.29. The molecule has 37 heavy (non-hydrogen) atoms. The van der Waals surface area contributed by atoms with Crippen molar-refractivity contribution in [2.75, 3.05) is 18.4 Å². The van der Waals surface area contributed by atoms with Crippen molar-refractivity contribution in [2.45, 2.75) is 38.6 Å². The molecule has 0 aliphatic carbocycles. The smallest absolute Gasteiger partial charge is 0.256 e. The predicted molar refractivity (Wildman–Crippen MR) is 156 cm³/mol. The van der Waals surface area contributed by atoms with Gasteiger partial charge in [-0.3, -0.25) is 9.69 Å². The van der Waals surface area contributed by atoms with Gasteiger partial charge in [-0.15, -0.1) is 11.3 Å². The molecule has 1 fully saturated rings. The van der Waals surface area contributed by atoms with Crippen molar-refractivity contribution in [3.63, 3.8) is 0 Å². The van der Waals surface area contributed by atoms with Crippen molar-refractivity contribution < 1.29 is 4.79 Å². The number of nitrogens with one attached hydrogen (secondary N) is 1. The second-order valence-corrected chi connectivity index (χ2v) is 11.4. The average Bonchev–Trinajstić information content (AvgIpc) is 3.34. The van der Waals surface area contributed by atoms with Crippen molar-refractivity contribution in [1.29, 1.82) is 0 Å². The second kappa shape index (κ2) is 12.1. The Morgan fingerprint density at radius 2 is 1.62 bits per heavy atom. The molecule has 0 bridgehead atoms.